The molecule has 0 saturated heterocycles. The molecule has 0 aliphatic heterocycles. The fourth-order valence-corrected chi connectivity index (χ4v) is 4.07. The summed E-state index contributed by atoms with van der Waals surface area (Å²) in [5.74, 6) is 1.29. The minimum absolute atomic E-state index is 0.0820. The Bertz CT molecular complexity index is 1120. The van der Waals surface area contributed by atoms with Gasteiger partial charge in [0.25, 0.3) is 0 Å². The van der Waals surface area contributed by atoms with Gasteiger partial charge in [-0.15, -0.1) is 11.3 Å². The number of ether oxygens (including phenoxy) is 1. The van der Waals surface area contributed by atoms with Crippen molar-refractivity contribution < 1.29 is 13.9 Å². The fraction of sp³-hybridized carbons (Fsp3) is 0.217. The smallest absolute Gasteiger partial charge is 0.226 e. The molecule has 5 nitrogen and oxygen atoms in total. The van der Waals surface area contributed by atoms with Crippen molar-refractivity contribution in [3.05, 3.63) is 82.0 Å². The number of nitrogens with one attached hydrogen (secondary N) is 1. The Morgan fingerprint density at radius 2 is 2.03 bits per heavy atom. The van der Waals surface area contributed by atoms with Crippen LogP contribution in [0, 0.1) is 0 Å². The Balaban J connectivity index is 1.38. The summed E-state index contributed by atoms with van der Waals surface area (Å²) in [5.41, 5.74) is 2.69. The van der Waals surface area contributed by atoms with Gasteiger partial charge >= 0.3 is 0 Å². The zero-order valence-corrected chi connectivity index (χ0v) is 17.2. The summed E-state index contributed by atoms with van der Waals surface area (Å²) >= 11 is 1.59. The lowest BCUT2D eigenvalue weighted by molar-refractivity contribution is -0.121. The summed E-state index contributed by atoms with van der Waals surface area (Å²) in [6.07, 6.45) is 1.03. The molecular formula is C23H22N2O3S. The van der Waals surface area contributed by atoms with Crippen LogP contribution in [0.25, 0.3) is 11.0 Å². The molecule has 4 aromatic rings. The molecule has 0 saturated carbocycles. The summed E-state index contributed by atoms with van der Waals surface area (Å²) in [5, 5.41) is 6.91. The molecule has 1 N–H and O–H groups in total. The number of para-hydroxylation sites is 1. The summed E-state index contributed by atoms with van der Waals surface area (Å²) in [4.78, 5) is 17.1. The summed E-state index contributed by atoms with van der Waals surface area (Å²) < 4.78 is 11.3. The summed E-state index contributed by atoms with van der Waals surface area (Å²) in [6, 6.07) is 17.6. The van der Waals surface area contributed by atoms with Gasteiger partial charge < -0.3 is 14.5 Å². The number of fused-ring (bicyclic) bond motifs is 1. The Morgan fingerprint density at radius 3 is 2.83 bits per heavy atom. The van der Waals surface area contributed by atoms with Crippen LogP contribution in [0.5, 0.6) is 5.75 Å². The second-order valence-electron chi connectivity index (χ2n) is 6.89. The number of aromatic nitrogens is 1. The van der Waals surface area contributed by atoms with Crippen molar-refractivity contribution in [1.29, 1.82) is 0 Å². The monoisotopic (exact) mass is 406 g/mol. The van der Waals surface area contributed by atoms with Crippen molar-refractivity contribution in [2.45, 2.75) is 25.8 Å². The van der Waals surface area contributed by atoms with Gasteiger partial charge in [0, 0.05) is 17.2 Å². The second kappa shape index (κ2) is 8.49. The minimum atomic E-state index is -0.248. The van der Waals surface area contributed by atoms with Gasteiger partial charge in [-0.3, -0.25) is 4.79 Å². The van der Waals surface area contributed by atoms with Gasteiger partial charge in [0.1, 0.15) is 5.76 Å². The number of carbonyl (C=O) groups is 1. The van der Waals surface area contributed by atoms with E-state index < -0.39 is 0 Å². The van der Waals surface area contributed by atoms with Gasteiger partial charge in [-0.25, -0.2) is 4.98 Å². The van der Waals surface area contributed by atoms with Crippen LogP contribution < -0.4 is 10.1 Å². The molecule has 0 aliphatic carbocycles. The molecule has 0 fully saturated rings. The highest BCUT2D eigenvalue weighted by Crippen LogP contribution is 2.30. The third kappa shape index (κ3) is 4.49. The van der Waals surface area contributed by atoms with Crippen molar-refractivity contribution in [1.82, 2.24) is 10.3 Å². The number of furan rings is 1. The number of hydrogen-bond acceptors (Lipinski definition) is 5. The van der Waals surface area contributed by atoms with Crippen LogP contribution in [0.4, 0.5) is 0 Å². The first-order valence-electron chi connectivity index (χ1n) is 9.45. The number of amides is 1. The molecule has 2 aromatic carbocycles. The number of hydrogen-bond donors (Lipinski definition) is 1. The minimum Gasteiger partial charge on any atom is -0.493 e. The van der Waals surface area contributed by atoms with Gasteiger partial charge in [-0.05, 0) is 24.6 Å². The van der Waals surface area contributed by atoms with Crippen LogP contribution in [0.15, 0.2) is 64.4 Å². The Labute approximate surface area is 173 Å². The van der Waals surface area contributed by atoms with Crippen LogP contribution in [-0.4, -0.2) is 18.0 Å². The molecule has 1 amide bonds. The van der Waals surface area contributed by atoms with Crippen LogP contribution in [0.2, 0.25) is 0 Å². The molecule has 0 aliphatic rings. The van der Waals surface area contributed by atoms with Gasteiger partial charge in [0.05, 0.1) is 30.3 Å². The zero-order valence-electron chi connectivity index (χ0n) is 16.3. The van der Waals surface area contributed by atoms with Gasteiger partial charge in [-0.1, -0.05) is 42.5 Å². The van der Waals surface area contributed by atoms with Gasteiger partial charge in [0.2, 0.25) is 5.91 Å². The Hall–Kier alpha value is -3.12. The average Bonchev–Trinajstić information content (AvgIpc) is 3.35. The topological polar surface area (TPSA) is 64.4 Å². The number of methoxy groups -OCH3 is 1. The second-order valence-corrected chi connectivity index (χ2v) is 7.83. The number of carbonyl (C=O) groups excluding carboxylic acids is 1. The predicted molar refractivity (Wildman–Crippen MR) is 114 cm³/mol. The van der Waals surface area contributed by atoms with E-state index >= 15 is 0 Å². The highest BCUT2D eigenvalue weighted by molar-refractivity contribution is 7.09. The maximum atomic E-state index is 12.5. The third-order valence-electron chi connectivity index (χ3n) is 4.69. The number of benzene rings is 2. The molecule has 0 bridgehead atoms. The molecule has 2 heterocycles. The van der Waals surface area contributed by atoms with E-state index in [-0.39, 0.29) is 18.4 Å². The molecular weight excluding hydrogens is 384 g/mol. The summed E-state index contributed by atoms with van der Waals surface area (Å²) in [7, 11) is 1.61. The molecule has 29 heavy (non-hydrogen) atoms. The van der Waals surface area contributed by atoms with Crippen molar-refractivity contribution in [2.75, 3.05) is 7.11 Å². The van der Waals surface area contributed by atoms with E-state index in [1.165, 1.54) is 5.56 Å². The standard InChI is InChI=1S/C23H22N2O3S/c1-15(20-12-17-9-6-10-19(27-2)23(17)28-20)24-21(26)13-18-14-29-22(25-18)11-16-7-4-3-5-8-16/h3-10,12,14-15H,11,13H2,1-2H3,(H,24,26). The maximum Gasteiger partial charge on any atom is 0.226 e. The van der Waals surface area contributed by atoms with Crippen molar-refractivity contribution in [3.8, 4) is 5.75 Å². The molecule has 4 rings (SSSR count). The molecule has 6 heteroatoms. The van der Waals surface area contributed by atoms with E-state index in [2.05, 4.69) is 22.4 Å². The van der Waals surface area contributed by atoms with Gasteiger partial charge in [0.15, 0.2) is 11.3 Å². The maximum absolute atomic E-state index is 12.5. The first-order valence-corrected chi connectivity index (χ1v) is 10.3. The molecule has 1 atom stereocenters. The first kappa shape index (κ1) is 19.2. The highest BCUT2D eigenvalue weighted by atomic mass is 32.1. The van der Waals surface area contributed by atoms with E-state index in [0.717, 1.165) is 22.5 Å². The van der Waals surface area contributed by atoms with Crippen LogP contribution in [-0.2, 0) is 17.6 Å². The first-order chi connectivity index (χ1) is 14.1. The van der Waals surface area contributed by atoms with Crippen LogP contribution in [0.3, 0.4) is 0 Å². The number of nitrogens with zero attached hydrogens (tertiary/aromatic N) is 1. The predicted octanol–water partition coefficient (Wildman–Crippen LogP) is 4.91. The van der Waals surface area contributed by atoms with E-state index in [4.69, 9.17) is 9.15 Å². The summed E-state index contributed by atoms with van der Waals surface area (Å²) in [6.45, 7) is 1.91. The highest BCUT2D eigenvalue weighted by Gasteiger charge is 2.17. The van der Waals surface area contributed by atoms with Crippen molar-refractivity contribution in [3.63, 3.8) is 0 Å². The van der Waals surface area contributed by atoms with E-state index in [9.17, 15) is 4.79 Å². The van der Waals surface area contributed by atoms with E-state index in [1.54, 1.807) is 18.4 Å². The van der Waals surface area contributed by atoms with E-state index in [0.29, 0.717) is 17.1 Å². The van der Waals surface area contributed by atoms with E-state index in [1.807, 2.05) is 54.8 Å². The quantitative estimate of drug-likeness (QED) is 0.474. The largest absolute Gasteiger partial charge is 0.493 e. The van der Waals surface area contributed by atoms with Crippen LogP contribution in [0.1, 0.15) is 35.0 Å². The van der Waals surface area contributed by atoms with Gasteiger partial charge in [-0.2, -0.15) is 0 Å². The third-order valence-corrected chi connectivity index (χ3v) is 5.59. The lowest BCUT2D eigenvalue weighted by Gasteiger charge is -2.10. The zero-order chi connectivity index (χ0) is 20.2. The molecule has 0 spiro atoms. The van der Waals surface area contributed by atoms with Crippen molar-refractivity contribution >= 4 is 28.2 Å². The SMILES string of the molecule is COc1cccc2cc(C(C)NC(=O)Cc3csc(Cc4ccccc4)n3)oc12. The molecule has 148 valence electrons. The lowest BCUT2D eigenvalue weighted by Crippen LogP contribution is -2.27. The fourth-order valence-electron chi connectivity index (χ4n) is 3.24. The Kier molecular flexibility index (Phi) is 5.62. The Morgan fingerprint density at radius 1 is 1.21 bits per heavy atom. The molecule has 2 aromatic heterocycles. The lowest BCUT2D eigenvalue weighted by atomic mass is 10.2. The van der Waals surface area contributed by atoms with Crippen molar-refractivity contribution in [2.24, 2.45) is 0 Å². The average molecular weight is 407 g/mol. The van der Waals surface area contributed by atoms with Crippen LogP contribution >= 0.6 is 11.3 Å². The number of rotatable bonds is 7. The molecule has 1 unspecified atom stereocenters. The molecule has 0 radical (unpaired) electrons. The number of thiazole rings is 1. The normalized spacial score (nSPS) is 12.1.